The van der Waals surface area contributed by atoms with E-state index in [1.807, 2.05) is 0 Å². The Morgan fingerprint density at radius 3 is 2.62 bits per heavy atom. The second-order valence-electron chi connectivity index (χ2n) is 4.09. The number of aromatic nitrogens is 1. The molecule has 0 saturated heterocycles. The van der Waals surface area contributed by atoms with Crippen molar-refractivity contribution in [1.82, 2.24) is 4.98 Å². The lowest BCUT2D eigenvalue weighted by atomic mass is 10.0. The number of anilines is 1. The number of nitrogen functional groups attached to an aromatic ring is 1. The summed E-state index contributed by atoms with van der Waals surface area (Å²) < 4.78 is 27.2. The Kier molecular flexibility index (Phi) is 4.29. The molecule has 8 heteroatoms. The number of hydrogen-bond acceptors (Lipinski definition) is 3. The fourth-order valence-corrected chi connectivity index (χ4v) is 2.19. The fraction of sp³-hybridized carbons (Fsp3) is 0.0769. The Hall–Kier alpha value is -1.92. The second kappa shape index (κ2) is 5.83. The summed E-state index contributed by atoms with van der Waals surface area (Å²) in [4.78, 5) is 14.7. The van der Waals surface area contributed by atoms with Crippen molar-refractivity contribution >= 4 is 34.9 Å². The van der Waals surface area contributed by atoms with Crippen LogP contribution in [0.3, 0.4) is 0 Å². The van der Waals surface area contributed by atoms with Crippen LogP contribution in [-0.2, 0) is 6.67 Å². The van der Waals surface area contributed by atoms with Crippen LogP contribution in [0, 0.1) is 5.82 Å². The molecule has 3 N–H and O–H groups in total. The molecule has 0 radical (unpaired) electrons. The maximum absolute atomic E-state index is 14.2. The van der Waals surface area contributed by atoms with Gasteiger partial charge in [-0.15, -0.1) is 0 Å². The van der Waals surface area contributed by atoms with E-state index in [2.05, 4.69) is 4.98 Å². The molecule has 0 saturated carbocycles. The lowest BCUT2D eigenvalue weighted by Crippen LogP contribution is -2.09. The van der Waals surface area contributed by atoms with Gasteiger partial charge in [0.25, 0.3) is 0 Å². The van der Waals surface area contributed by atoms with Crippen LogP contribution in [0.4, 0.5) is 14.5 Å². The van der Waals surface area contributed by atoms with E-state index in [-0.39, 0.29) is 16.1 Å². The van der Waals surface area contributed by atoms with Crippen LogP contribution in [0.15, 0.2) is 18.2 Å². The minimum Gasteiger partial charge on any atom is -0.476 e. The molecule has 2 aromatic rings. The summed E-state index contributed by atoms with van der Waals surface area (Å²) in [5.41, 5.74) is 4.02. The highest BCUT2D eigenvalue weighted by molar-refractivity contribution is 6.35. The van der Waals surface area contributed by atoms with Crippen molar-refractivity contribution in [1.29, 1.82) is 0 Å². The van der Waals surface area contributed by atoms with E-state index in [4.69, 9.17) is 34.0 Å². The van der Waals surface area contributed by atoms with Crippen molar-refractivity contribution in [2.45, 2.75) is 6.67 Å². The average Bonchev–Trinajstić information content (AvgIpc) is 2.45. The molecule has 1 heterocycles. The predicted octanol–water partition coefficient (Wildman–Crippen LogP) is 3.94. The van der Waals surface area contributed by atoms with Crippen molar-refractivity contribution in [3.63, 3.8) is 0 Å². The summed E-state index contributed by atoms with van der Waals surface area (Å²) in [6, 6.07) is 4.04. The number of carboxylic acid groups (broad SMARTS) is 1. The van der Waals surface area contributed by atoms with Crippen LogP contribution < -0.4 is 5.73 Å². The van der Waals surface area contributed by atoms with Gasteiger partial charge in [-0.25, -0.2) is 18.6 Å². The Labute approximate surface area is 128 Å². The summed E-state index contributed by atoms with van der Waals surface area (Å²) in [6.45, 7) is -0.929. The van der Waals surface area contributed by atoms with Crippen molar-refractivity contribution in [3.05, 3.63) is 45.3 Å². The maximum Gasteiger partial charge on any atom is 0.356 e. The van der Waals surface area contributed by atoms with Gasteiger partial charge < -0.3 is 10.8 Å². The van der Waals surface area contributed by atoms with Gasteiger partial charge in [-0.2, -0.15) is 0 Å². The number of alkyl halides is 1. The van der Waals surface area contributed by atoms with E-state index in [0.717, 1.165) is 0 Å². The highest BCUT2D eigenvalue weighted by Gasteiger charge is 2.23. The summed E-state index contributed by atoms with van der Waals surface area (Å²) in [7, 11) is 0. The van der Waals surface area contributed by atoms with Gasteiger partial charge in [-0.3, -0.25) is 0 Å². The predicted molar refractivity (Wildman–Crippen MR) is 75.8 cm³/mol. The molecule has 0 unspecified atom stereocenters. The van der Waals surface area contributed by atoms with Gasteiger partial charge in [0, 0.05) is 10.6 Å². The molecule has 0 aliphatic carbocycles. The monoisotopic (exact) mass is 332 g/mol. The fourth-order valence-electron chi connectivity index (χ4n) is 1.79. The van der Waals surface area contributed by atoms with Crippen LogP contribution >= 0.6 is 23.2 Å². The SMILES string of the molecule is Nc1c(F)c(-c2ccc(Cl)cc2CF)nc(C(=O)O)c1Cl. The molecule has 0 fully saturated rings. The molecule has 4 nitrogen and oxygen atoms in total. The number of pyridine rings is 1. The Morgan fingerprint density at radius 1 is 1.38 bits per heavy atom. The molecule has 0 amide bonds. The van der Waals surface area contributed by atoms with Gasteiger partial charge in [-0.1, -0.05) is 29.3 Å². The molecule has 110 valence electrons. The van der Waals surface area contributed by atoms with Crippen LogP contribution in [0.5, 0.6) is 0 Å². The first-order valence-electron chi connectivity index (χ1n) is 5.59. The Bertz CT molecular complexity index is 739. The number of nitrogens with zero attached hydrogens (tertiary/aromatic N) is 1. The van der Waals surface area contributed by atoms with Crippen LogP contribution in [-0.4, -0.2) is 16.1 Å². The zero-order valence-electron chi connectivity index (χ0n) is 10.3. The molecule has 0 aliphatic heterocycles. The topological polar surface area (TPSA) is 76.2 Å². The normalized spacial score (nSPS) is 10.7. The molecular weight excluding hydrogens is 325 g/mol. The highest BCUT2D eigenvalue weighted by Crippen LogP contribution is 2.34. The first-order valence-corrected chi connectivity index (χ1v) is 6.35. The van der Waals surface area contributed by atoms with Crippen molar-refractivity contribution in [3.8, 4) is 11.3 Å². The number of rotatable bonds is 3. The zero-order valence-corrected chi connectivity index (χ0v) is 11.8. The smallest absolute Gasteiger partial charge is 0.356 e. The van der Waals surface area contributed by atoms with E-state index in [1.54, 1.807) is 0 Å². The van der Waals surface area contributed by atoms with Crippen LogP contribution in [0.2, 0.25) is 10.0 Å². The summed E-state index contributed by atoms with van der Waals surface area (Å²) in [6.07, 6.45) is 0. The van der Waals surface area contributed by atoms with Crippen molar-refractivity contribution < 1.29 is 18.7 Å². The van der Waals surface area contributed by atoms with Crippen LogP contribution in [0.1, 0.15) is 16.1 Å². The van der Waals surface area contributed by atoms with E-state index in [0.29, 0.717) is 0 Å². The largest absolute Gasteiger partial charge is 0.476 e. The molecule has 1 aromatic heterocycles. The summed E-state index contributed by atoms with van der Waals surface area (Å²) >= 11 is 11.4. The number of nitrogens with two attached hydrogens (primary N) is 1. The summed E-state index contributed by atoms with van der Waals surface area (Å²) in [5.74, 6) is -2.48. The molecular formula is C13H8Cl2F2N2O2. The lowest BCUT2D eigenvalue weighted by Gasteiger charge is -2.12. The van der Waals surface area contributed by atoms with E-state index >= 15 is 0 Å². The zero-order chi connectivity index (χ0) is 15.7. The van der Waals surface area contributed by atoms with Gasteiger partial charge in [0.1, 0.15) is 12.4 Å². The van der Waals surface area contributed by atoms with Crippen molar-refractivity contribution in [2.75, 3.05) is 5.73 Å². The quantitative estimate of drug-likeness (QED) is 0.892. The first kappa shape index (κ1) is 15.5. The number of benzene rings is 1. The third kappa shape index (κ3) is 2.77. The van der Waals surface area contributed by atoms with Gasteiger partial charge >= 0.3 is 5.97 Å². The molecule has 0 bridgehead atoms. The number of carboxylic acids is 1. The number of halogens is 4. The number of hydrogen-bond donors (Lipinski definition) is 2. The second-order valence-corrected chi connectivity index (χ2v) is 4.91. The van der Waals surface area contributed by atoms with Gasteiger partial charge in [-0.05, 0) is 17.7 Å². The lowest BCUT2D eigenvalue weighted by molar-refractivity contribution is 0.0691. The highest BCUT2D eigenvalue weighted by atomic mass is 35.5. The third-order valence-corrected chi connectivity index (χ3v) is 3.40. The standard InChI is InChI=1S/C13H8Cl2F2N2O2/c14-6-1-2-7(5(3-6)4-16)11-9(17)10(18)8(15)12(19-11)13(20)21/h1-3H,4H2,(H2,18,19)(H,20,21). The minimum atomic E-state index is -1.47. The number of carbonyl (C=O) groups is 1. The van der Waals surface area contributed by atoms with E-state index in [1.165, 1.54) is 18.2 Å². The molecule has 0 atom stereocenters. The third-order valence-electron chi connectivity index (χ3n) is 2.78. The van der Waals surface area contributed by atoms with Gasteiger partial charge in [0.15, 0.2) is 11.5 Å². The Balaban J connectivity index is 2.78. The molecule has 0 spiro atoms. The van der Waals surface area contributed by atoms with E-state index in [9.17, 15) is 13.6 Å². The number of aromatic carboxylic acids is 1. The van der Waals surface area contributed by atoms with Gasteiger partial charge in [0.2, 0.25) is 0 Å². The molecule has 0 aliphatic rings. The molecule has 1 aromatic carbocycles. The maximum atomic E-state index is 14.2. The first-order chi connectivity index (χ1) is 9.86. The minimum absolute atomic E-state index is 0.0604. The van der Waals surface area contributed by atoms with Crippen LogP contribution in [0.25, 0.3) is 11.3 Å². The van der Waals surface area contributed by atoms with Crippen molar-refractivity contribution in [2.24, 2.45) is 0 Å². The average molecular weight is 333 g/mol. The molecule has 21 heavy (non-hydrogen) atoms. The summed E-state index contributed by atoms with van der Waals surface area (Å²) in [5, 5.41) is 8.76. The van der Waals surface area contributed by atoms with Gasteiger partial charge in [0.05, 0.1) is 10.7 Å². The molecule has 2 rings (SSSR count). The van der Waals surface area contributed by atoms with E-state index < -0.39 is 40.6 Å². The Morgan fingerprint density at radius 2 is 2.05 bits per heavy atom.